The molecule has 0 aliphatic rings. The SMILES string of the molecule is CCCC(C)CSc1ccc(CNC(C)(C)C)cc1. The van der Waals surface area contributed by atoms with Crippen LogP contribution in [-0.4, -0.2) is 11.3 Å². The molecule has 1 aromatic carbocycles. The van der Waals surface area contributed by atoms with Crippen LogP contribution in [0.4, 0.5) is 0 Å². The summed E-state index contributed by atoms with van der Waals surface area (Å²) >= 11 is 1.98. The molecular weight excluding hydrogens is 250 g/mol. The maximum absolute atomic E-state index is 3.52. The molecule has 1 N–H and O–H groups in total. The molecule has 0 aliphatic heterocycles. The van der Waals surface area contributed by atoms with Gasteiger partial charge in [0.25, 0.3) is 0 Å². The first-order chi connectivity index (χ1) is 8.90. The highest BCUT2D eigenvalue weighted by atomic mass is 32.2. The second kappa shape index (κ2) is 7.96. The van der Waals surface area contributed by atoms with Crippen molar-refractivity contribution < 1.29 is 0 Å². The van der Waals surface area contributed by atoms with E-state index in [1.165, 1.54) is 29.1 Å². The maximum Gasteiger partial charge on any atom is 0.0210 e. The molecule has 0 aliphatic carbocycles. The molecule has 1 atom stereocenters. The average molecular weight is 279 g/mol. The zero-order chi connectivity index (χ0) is 14.3. The number of benzene rings is 1. The highest BCUT2D eigenvalue weighted by Gasteiger charge is 2.08. The molecule has 0 saturated carbocycles. The Bertz CT molecular complexity index is 351. The Morgan fingerprint density at radius 1 is 1.16 bits per heavy atom. The lowest BCUT2D eigenvalue weighted by Crippen LogP contribution is -2.35. The van der Waals surface area contributed by atoms with Crippen molar-refractivity contribution in [2.24, 2.45) is 5.92 Å². The van der Waals surface area contributed by atoms with Gasteiger partial charge < -0.3 is 5.32 Å². The molecule has 0 spiro atoms. The van der Waals surface area contributed by atoms with Crippen LogP contribution in [0.15, 0.2) is 29.2 Å². The average Bonchev–Trinajstić information content (AvgIpc) is 2.34. The standard InChI is InChI=1S/C17H29NS/c1-6-7-14(2)13-19-16-10-8-15(9-11-16)12-18-17(3,4)5/h8-11,14,18H,6-7,12-13H2,1-5H3. The minimum Gasteiger partial charge on any atom is -0.308 e. The van der Waals surface area contributed by atoms with Gasteiger partial charge in [-0.3, -0.25) is 0 Å². The second-order valence-corrected chi connectivity index (χ2v) is 7.55. The van der Waals surface area contributed by atoms with Crippen LogP contribution >= 0.6 is 11.8 Å². The maximum atomic E-state index is 3.52. The lowest BCUT2D eigenvalue weighted by atomic mass is 10.1. The van der Waals surface area contributed by atoms with E-state index in [9.17, 15) is 0 Å². The highest BCUT2D eigenvalue weighted by molar-refractivity contribution is 7.99. The van der Waals surface area contributed by atoms with Crippen LogP contribution in [0.2, 0.25) is 0 Å². The monoisotopic (exact) mass is 279 g/mol. The molecule has 2 heteroatoms. The van der Waals surface area contributed by atoms with E-state index in [2.05, 4.69) is 64.2 Å². The van der Waals surface area contributed by atoms with E-state index in [1.807, 2.05) is 11.8 Å². The van der Waals surface area contributed by atoms with Crippen molar-refractivity contribution in [1.29, 1.82) is 0 Å². The zero-order valence-electron chi connectivity index (χ0n) is 13.1. The van der Waals surface area contributed by atoms with E-state index in [0.29, 0.717) is 0 Å². The number of hydrogen-bond acceptors (Lipinski definition) is 2. The minimum absolute atomic E-state index is 0.184. The predicted molar refractivity (Wildman–Crippen MR) is 87.8 cm³/mol. The van der Waals surface area contributed by atoms with Crippen LogP contribution in [0.1, 0.15) is 53.0 Å². The first-order valence-electron chi connectivity index (χ1n) is 7.37. The Hall–Kier alpha value is -0.470. The molecule has 1 aromatic rings. The van der Waals surface area contributed by atoms with E-state index in [0.717, 1.165) is 12.5 Å². The van der Waals surface area contributed by atoms with Gasteiger partial charge in [-0.2, -0.15) is 0 Å². The van der Waals surface area contributed by atoms with Crippen LogP contribution in [0.5, 0.6) is 0 Å². The van der Waals surface area contributed by atoms with Crippen LogP contribution in [0.25, 0.3) is 0 Å². The molecule has 0 heterocycles. The molecule has 0 fully saturated rings. The molecule has 0 radical (unpaired) electrons. The first kappa shape index (κ1) is 16.6. The summed E-state index contributed by atoms with van der Waals surface area (Å²) in [5, 5.41) is 3.52. The summed E-state index contributed by atoms with van der Waals surface area (Å²) in [6.45, 7) is 12.2. The van der Waals surface area contributed by atoms with Crippen molar-refractivity contribution in [3.05, 3.63) is 29.8 Å². The Balaban J connectivity index is 2.39. The third-order valence-electron chi connectivity index (χ3n) is 3.06. The number of hydrogen-bond donors (Lipinski definition) is 1. The van der Waals surface area contributed by atoms with Gasteiger partial charge in [0, 0.05) is 22.7 Å². The van der Waals surface area contributed by atoms with Crippen molar-refractivity contribution in [3.8, 4) is 0 Å². The summed E-state index contributed by atoms with van der Waals surface area (Å²) < 4.78 is 0. The molecule has 1 nitrogen and oxygen atoms in total. The van der Waals surface area contributed by atoms with Crippen LogP contribution < -0.4 is 5.32 Å². The molecular formula is C17H29NS. The largest absolute Gasteiger partial charge is 0.308 e. The normalized spacial score (nSPS) is 13.5. The van der Waals surface area contributed by atoms with Crippen LogP contribution in [0, 0.1) is 5.92 Å². The van der Waals surface area contributed by atoms with E-state index >= 15 is 0 Å². The van der Waals surface area contributed by atoms with Gasteiger partial charge in [0.2, 0.25) is 0 Å². The lowest BCUT2D eigenvalue weighted by molar-refractivity contribution is 0.424. The topological polar surface area (TPSA) is 12.0 Å². The third kappa shape index (κ3) is 7.64. The summed E-state index contributed by atoms with van der Waals surface area (Å²) in [5.41, 5.74) is 1.55. The van der Waals surface area contributed by atoms with Crippen molar-refractivity contribution in [3.63, 3.8) is 0 Å². The second-order valence-electron chi connectivity index (χ2n) is 6.45. The summed E-state index contributed by atoms with van der Waals surface area (Å²) in [6, 6.07) is 8.99. The van der Waals surface area contributed by atoms with Gasteiger partial charge in [0.15, 0.2) is 0 Å². The van der Waals surface area contributed by atoms with Gasteiger partial charge in [-0.25, -0.2) is 0 Å². The highest BCUT2D eigenvalue weighted by Crippen LogP contribution is 2.23. The molecule has 0 amide bonds. The summed E-state index contributed by atoms with van der Waals surface area (Å²) in [4.78, 5) is 1.39. The fourth-order valence-electron chi connectivity index (χ4n) is 1.89. The van der Waals surface area contributed by atoms with Gasteiger partial charge >= 0.3 is 0 Å². The van der Waals surface area contributed by atoms with Crippen molar-refractivity contribution in [1.82, 2.24) is 5.32 Å². The fraction of sp³-hybridized carbons (Fsp3) is 0.647. The van der Waals surface area contributed by atoms with Crippen LogP contribution in [-0.2, 0) is 6.54 Å². The Morgan fingerprint density at radius 3 is 2.32 bits per heavy atom. The van der Waals surface area contributed by atoms with E-state index < -0.39 is 0 Å². The van der Waals surface area contributed by atoms with Crippen molar-refractivity contribution in [2.45, 2.75) is 64.4 Å². The third-order valence-corrected chi connectivity index (χ3v) is 4.40. The Morgan fingerprint density at radius 2 is 1.79 bits per heavy atom. The number of nitrogens with one attached hydrogen (secondary N) is 1. The molecule has 0 saturated heterocycles. The molecule has 0 bridgehead atoms. The van der Waals surface area contributed by atoms with Gasteiger partial charge in [-0.15, -0.1) is 11.8 Å². The van der Waals surface area contributed by atoms with Crippen molar-refractivity contribution in [2.75, 3.05) is 5.75 Å². The quantitative estimate of drug-likeness (QED) is 0.697. The molecule has 0 aromatic heterocycles. The van der Waals surface area contributed by atoms with Crippen LogP contribution in [0.3, 0.4) is 0 Å². The van der Waals surface area contributed by atoms with E-state index in [-0.39, 0.29) is 5.54 Å². The summed E-state index contributed by atoms with van der Waals surface area (Å²) in [5.74, 6) is 2.05. The Labute approximate surface area is 123 Å². The molecule has 1 rings (SSSR count). The zero-order valence-corrected chi connectivity index (χ0v) is 13.9. The summed E-state index contributed by atoms with van der Waals surface area (Å²) in [6.07, 6.45) is 2.62. The number of thioether (sulfide) groups is 1. The fourth-order valence-corrected chi connectivity index (χ4v) is 2.86. The van der Waals surface area contributed by atoms with E-state index in [4.69, 9.17) is 0 Å². The molecule has 1 unspecified atom stereocenters. The van der Waals surface area contributed by atoms with Gasteiger partial charge in [-0.1, -0.05) is 38.8 Å². The smallest absolute Gasteiger partial charge is 0.0210 e. The Kier molecular flexibility index (Phi) is 6.95. The minimum atomic E-state index is 0.184. The summed E-state index contributed by atoms with van der Waals surface area (Å²) in [7, 11) is 0. The first-order valence-corrected chi connectivity index (χ1v) is 8.36. The van der Waals surface area contributed by atoms with Gasteiger partial charge in [-0.05, 0) is 44.4 Å². The van der Waals surface area contributed by atoms with Gasteiger partial charge in [0.05, 0.1) is 0 Å². The molecule has 108 valence electrons. The predicted octanol–water partition coefficient (Wildman–Crippen LogP) is 5.10. The number of rotatable bonds is 7. The van der Waals surface area contributed by atoms with E-state index in [1.54, 1.807) is 0 Å². The van der Waals surface area contributed by atoms with Gasteiger partial charge in [0.1, 0.15) is 0 Å². The lowest BCUT2D eigenvalue weighted by Gasteiger charge is -2.20. The molecule has 19 heavy (non-hydrogen) atoms. The van der Waals surface area contributed by atoms with Crippen molar-refractivity contribution >= 4 is 11.8 Å².